The number of H-pyrrole nitrogens is 1. The van der Waals surface area contributed by atoms with Gasteiger partial charge in [-0.1, -0.05) is 6.07 Å². The summed E-state index contributed by atoms with van der Waals surface area (Å²) in [6.45, 7) is 1.91. The quantitative estimate of drug-likeness (QED) is 0.828. The van der Waals surface area contributed by atoms with Crippen LogP contribution in [0.25, 0.3) is 10.9 Å². The minimum absolute atomic E-state index is 0.243. The van der Waals surface area contributed by atoms with E-state index in [4.69, 9.17) is 4.74 Å². The van der Waals surface area contributed by atoms with E-state index < -0.39 is 5.97 Å². The molecule has 0 radical (unpaired) electrons. The molecule has 0 bridgehead atoms. The van der Waals surface area contributed by atoms with Gasteiger partial charge < -0.3 is 14.6 Å². The standard InChI is InChI=1S/C15H14BrFN2O3/c1-8(20)22-7-13(21)19-5-4-12-10(6-19)9-2-3-11(16)14(17)15(9)18-12/h2-3,18H,4-7H2,1H3. The number of nitrogens with zero attached hydrogens (tertiary/aromatic N) is 1. The maximum atomic E-state index is 14.1. The molecule has 116 valence electrons. The van der Waals surface area contributed by atoms with E-state index in [-0.39, 0.29) is 18.3 Å². The van der Waals surface area contributed by atoms with E-state index in [1.165, 1.54) is 6.92 Å². The molecule has 1 aromatic heterocycles. The van der Waals surface area contributed by atoms with Gasteiger partial charge in [-0.15, -0.1) is 0 Å². The molecule has 0 spiro atoms. The number of carbonyl (C=O) groups is 2. The monoisotopic (exact) mass is 368 g/mol. The Hall–Kier alpha value is -1.89. The van der Waals surface area contributed by atoms with Crippen molar-refractivity contribution >= 4 is 38.7 Å². The molecule has 22 heavy (non-hydrogen) atoms. The molecule has 1 aliphatic heterocycles. The minimum atomic E-state index is -0.481. The SMILES string of the molecule is CC(=O)OCC(=O)N1CCc2[nH]c3c(F)c(Br)ccc3c2C1. The number of rotatable bonds is 2. The van der Waals surface area contributed by atoms with Crippen LogP contribution < -0.4 is 0 Å². The predicted molar refractivity (Wildman–Crippen MR) is 81.7 cm³/mol. The van der Waals surface area contributed by atoms with Gasteiger partial charge in [0.05, 0.1) is 9.99 Å². The van der Waals surface area contributed by atoms with Gasteiger partial charge in [-0.25, -0.2) is 4.39 Å². The number of carbonyl (C=O) groups excluding carboxylic acids is 2. The zero-order chi connectivity index (χ0) is 15.9. The van der Waals surface area contributed by atoms with Crippen LogP contribution >= 0.6 is 15.9 Å². The number of aromatic amines is 1. The lowest BCUT2D eigenvalue weighted by atomic mass is 10.0. The molecule has 2 heterocycles. The van der Waals surface area contributed by atoms with Gasteiger partial charge in [0.15, 0.2) is 12.4 Å². The normalized spacial score (nSPS) is 14.0. The van der Waals surface area contributed by atoms with E-state index in [0.717, 1.165) is 16.6 Å². The maximum Gasteiger partial charge on any atom is 0.303 e. The Morgan fingerprint density at radius 1 is 1.45 bits per heavy atom. The first-order valence-corrected chi connectivity index (χ1v) is 7.65. The number of amides is 1. The zero-order valence-corrected chi connectivity index (χ0v) is 13.5. The van der Waals surface area contributed by atoms with Gasteiger partial charge in [-0.05, 0) is 22.0 Å². The molecule has 0 saturated heterocycles. The Kier molecular flexibility index (Phi) is 3.90. The van der Waals surface area contributed by atoms with Crippen molar-refractivity contribution in [3.8, 4) is 0 Å². The molecule has 2 aromatic rings. The Balaban J connectivity index is 1.88. The summed E-state index contributed by atoms with van der Waals surface area (Å²) >= 11 is 3.17. The number of hydrogen-bond acceptors (Lipinski definition) is 3. The van der Waals surface area contributed by atoms with Crippen molar-refractivity contribution in [3.05, 3.63) is 33.7 Å². The fraction of sp³-hybridized carbons (Fsp3) is 0.333. The highest BCUT2D eigenvalue weighted by atomic mass is 79.9. The highest BCUT2D eigenvalue weighted by molar-refractivity contribution is 9.10. The van der Waals surface area contributed by atoms with Gasteiger partial charge in [0, 0.05) is 43.1 Å². The summed E-state index contributed by atoms with van der Waals surface area (Å²) in [5, 5.41) is 0.778. The van der Waals surface area contributed by atoms with E-state index in [9.17, 15) is 14.0 Å². The molecule has 5 nitrogen and oxygen atoms in total. The molecule has 1 amide bonds. The third-order valence-corrected chi connectivity index (χ3v) is 4.40. The molecule has 7 heteroatoms. The second-order valence-electron chi connectivity index (χ2n) is 5.21. The van der Waals surface area contributed by atoms with Crippen molar-refractivity contribution < 1.29 is 18.7 Å². The Labute approximate surface area is 134 Å². The number of esters is 1. The van der Waals surface area contributed by atoms with Crippen LogP contribution in [-0.2, 0) is 27.3 Å². The van der Waals surface area contributed by atoms with Crippen molar-refractivity contribution in [2.75, 3.05) is 13.2 Å². The van der Waals surface area contributed by atoms with Crippen molar-refractivity contribution in [1.82, 2.24) is 9.88 Å². The Morgan fingerprint density at radius 3 is 2.95 bits per heavy atom. The number of aromatic nitrogens is 1. The average Bonchev–Trinajstić information content (AvgIpc) is 2.87. The fourth-order valence-electron chi connectivity index (χ4n) is 2.69. The molecular formula is C15H14BrFN2O3. The van der Waals surface area contributed by atoms with Gasteiger partial charge in [-0.2, -0.15) is 0 Å². The maximum absolute atomic E-state index is 14.1. The number of hydrogen-bond donors (Lipinski definition) is 1. The smallest absolute Gasteiger partial charge is 0.303 e. The molecule has 0 aliphatic carbocycles. The first-order valence-electron chi connectivity index (χ1n) is 6.86. The number of halogens is 2. The first-order chi connectivity index (χ1) is 10.5. The van der Waals surface area contributed by atoms with Gasteiger partial charge >= 0.3 is 5.97 Å². The summed E-state index contributed by atoms with van der Waals surface area (Å²) in [5.41, 5.74) is 2.32. The van der Waals surface area contributed by atoms with Gasteiger partial charge in [0.1, 0.15) is 0 Å². The minimum Gasteiger partial charge on any atom is -0.456 e. The Morgan fingerprint density at radius 2 is 2.23 bits per heavy atom. The van der Waals surface area contributed by atoms with Crippen LogP contribution in [0.3, 0.4) is 0 Å². The molecule has 1 aromatic carbocycles. The summed E-state index contributed by atoms with van der Waals surface area (Å²) in [5.74, 6) is -1.05. The predicted octanol–water partition coefficient (Wildman–Crippen LogP) is 2.52. The van der Waals surface area contributed by atoms with E-state index >= 15 is 0 Å². The highest BCUT2D eigenvalue weighted by Crippen LogP contribution is 2.32. The van der Waals surface area contributed by atoms with Crippen molar-refractivity contribution in [3.63, 3.8) is 0 Å². The summed E-state index contributed by atoms with van der Waals surface area (Å²) in [6, 6.07) is 3.49. The largest absolute Gasteiger partial charge is 0.456 e. The van der Waals surface area contributed by atoms with Crippen LogP contribution in [0.4, 0.5) is 4.39 Å². The van der Waals surface area contributed by atoms with Crippen molar-refractivity contribution in [2.24, 2.45) is 0 Å². The molecule has 1 N–H and O–H groups in total. The van der Waals surface area contributed by atoms with Crippen LogP contribution in [0.5, 0.6) is 0 Å². The van der Waals surface area contributed by atoms with Crippen LogP contribution in [0.15, 0.2) is 16.6 Å². The zero-order valence-electron chi connectivity index (χ0n) is 11.9. The molecule has 3 rings (SSSR count). The fourth-order valence-corrected chi connectivity index (χ4v) is 3.02. The van der Waals surface area contributed by atoms with E-state index in [1.807, 2.05) is 6.07 Å². The van der Waals surface area contributed by atoms with Crippen LogP contribution in [0.1, 0.15) is 18.2 Å². The van der Waals surface area contributed by atoms with E-state index in [1.54, 1.807) is 11.0 Å². The summed E-state index contributed by atoms with van der Waals surface area (Å²) in [7, 11) is 0. The second-order valence-corrected chi connectivity index (χ2v) is 6.07. The highest BCUT2D eigenvalue weighted by Gasteiger charge is 2.25. The van der Waals surface area contributed by atoms with Crippen LogP contribution in [0.2, 0.25) is 0 Å². The van der Waals surface area contributed by atoms with Gasteiger partial charge in [0.2, 0.25) is 0 Å². The lowest BCUT2D eigenvalue weighted by Crippen LogP contribution is -2.38. The van der Waals surface area contributed by atoms with Gasteiger partial charge in [-0.3, -0.25) is 9.59 Å². The average molecular weight is 369 g/mol. The molecule has 0 unspecified atom stereocenters. The molecular weight excluding hydrogens is 355 g/mol. The second kappa shape index (κ2) is 5.72. The number of benzene rings is 1. The first kappa shape index (κ1) is 15.0. The summed E-state index contributed by atoms with van der Waals surface area (Å²) < 4.78 is 19.3. The lowest BCUT2D eigenvalue weighted by molar-refractivity contribution is -0.150. The third-order valence-electron chi connectivity index (χ3n) is 3.79. The Bertz CT molecular complexity index is 772. The third kappa shape index (κ3) is 2.61. The number of nitrogens with one attached hydrogen (secondary N) is 1. The summed E-state index contributed by atoms with van der Waals surface area (Å²) in [4.78, 5) is 27.6. The molecule has 0 atom stereocenters. The topological polar surface area (TPSA) is 62.4 Å². The van der Waals surface area contributed by atoms with E-state index in [2.05, 4.69) is 20.9 Å². The molecule has 1 aliphatic rings. The molecule has 0 saturated carbocycles. The van der Waals surface area contributed by atoms with Crippen molar-refractivity contribution in [2.45, 2.75) is 19.9 Å². The molecule has 0 fully saturated rings. The van der Waals surface area contributed by atoms with E-state index in [0.29, 0.717) is 29.5 Å². The van der Waals surface area contributed by atoms with Crippen LogP contribution in [-0.4, -0.2) is 34.9 Å². The number of ether oxygens (including phenoxy) is 1. The number of fused-ring (bicyclic) bond motifs is 3. The van der Waals surface area contributed by atoms with Crippen LogP contribution in [0, 0.1) is 5.82 Å². The van der Waals surface area contributed by atoms with Gasteiger partial charge in [0.25, 0.3) is 5.91 Å². The summed E-state index contributed by atoms with van der Waals surface area (Å²) in [6.07, 6.45) is 0.618. The lowest BCUT2D eigenvalue weighted by Gasteiger charge is -2.27. The van der Waals surface area contributed by atoms with Crippen molar-refractivity contribution in [1.29, 1.82) is 0 Å².